The summed E-state index contributed by atoms with van der Waals surface area (Å²) in [5.41, 5.74) is 4.77. The normalized spacial score (nSPS) is 11.5. The molecule has 0 aliphatic rings. The Labute approximate surface area is 182 Å². The number of amides is 1. The highest BCUT2D eigenvalue weighted by molar-refractivity contribution is 7.92. The first kappa shape index (κ1) is 20.8. The standard InChI is InChI=1S/C19H18N6O4S2/c1-25-17-6-11(12-5-15(24-31(3,27)28)19(29-2)20-7-12)4-14(13(17)8-22-25)23-18(26)16-9-30-10-21-16/h4-10,24H,1-3H3,(H,23,26). The lowest BCUT2D eigenvalue weighted by molar-refractivity contribution is 0.102. The number of thiazole rings is 1. The van der Waals surface area contributed by atoms with Crippen molar-refractivity contribution >= 4 is 49.5 Å². The quantitative estimate of drug-likeness (QED) is 0.455. The van der Waals surface area contributed by atoms with Crippen LogP contribution < -0.4 is 14.8 Å². The number of rotatable bonds is 6. The van der Waals surface area contributed by atoms with Gasteiger partial charge in [-0.2, -0.15) is 5.10 Å². The van der Waals surface area contributed by atoms with E-state index in [2.05, 4.69) is 25.1 Å². The van der Waals surface area contributed by atoms with E-state index in [9.17, 15) is 13.2 Å². The Kier molecular flexibility index (Phi) is 5.33. The molecule has 3 aromatic heterocycles. The van der Waals surface area contributed by atoms with Crippen LogP contribution in [0, 0.1) is 0 Å². The number of pyridine rings is 1. The average molecular weight is 459 g/mol. The predicted molar refractivity (Wildman–Crippen MR) is 119 cm³/mol. The zero-order valence-electron chi connectivity index (χ0n) is 16.8. The van der Waals surface area contributed by atoms with Crippen LogP contribution in [0.15, 0.2) is 41.5 Å². The van der Waals surface area contributed by atoms with Gasteiger partial charge in [0.1, 0.15) is 11.4 Å². The maximum absolute atomic E-state index is 12.6. The van der Waals surface area contributed by atoms with Crippen molar-refractivity contribution in [2.75, 3.05) is 23.4 Å². The van der Waals surface area contributed by atoms with Crippen LogP contribution in [0.2, 0.25) is 0 Å². The van der Waals surface area contributed by atoms with Crippen molar-refractivity contribution in [3.63, 3.8) is 0 Å². The van der Waals surface area contributed by atoms with E-state index in [-0.39, 0.29) is 17.5 Å². The minimum Gasteiger partial charge on any atom is -0.480 e. The molecule has 10 nitrogen and oxygen atoms in total. The van der Waals surface area contributed by atoms with Gasteiger partial charge in [0.2, 0.25) is 15.9 Å². The molecule has 1 aromatic carbocycles. The second-order valence-corrected chi connectivity index (χ2v) is 9.17. The average Bonchev–Trinajstić information content (AvgIpc) is 3.37. The predicted octanol–water partition coefficient (Wildman–Crippen LogP) is 2.72. The van der Waals surface area contributed by atoms with Crippen molar-refractivity contribution in [1.82, 2.24) is 19.7 Å². The monoisotopic (exact) mass is 458 g/mol. The largest absolute Gasteiger partial charge is 0.480 e. The van der Waals surface area contributed by atoms with Crippen molar-refractivity contribution < 1.29 is 17.9 Å². The van der Waals surface area contributed by atoms with E-state index in [1.54, 1.807) is 47.1 Å². The Balaban J connectivity index is 1.82. The first-order chi connectivity index (χ1) is 14.7. The Hall–Kier alpha value is -3.51. The third-order valence-corrected chi connectivity index (χ3v) is 5.63. The molecule has 0 radical (unpaired) electrons. The lowest BCUT2D eigenvalue weighted by atomic mass is 10.0. The molecule has 0 spiro atoms. The first-order valence-corrected chi connectivity index (χ1v) is 11.8. The minimum atomic E-state index is -3.54. The zero-order valence-corrected chi connectivity index (χ0v) is 18.4. The molecule has 4 rings (SSSR count). The molecule has 160 valence electrons. The number of hydrogen-bond acceptors (Lipinski definition) is 8. The molecular weight excluding hydrogens is 440 g/mol. The molecule has 3 heterocycles. The Morgan fingerprint density at radius 1 is 1.13 bits per heavy atom. The third kappa shape index (κ3) is 4.34. The first-order valence-electron chi connectivity index (χ1n) is 8.92. The third-order valence-electron chi connectivity index (χ3n) is 4.45. The summed E-state index contributed by atoms with van der Waals surface area (Å²) < 4.78 is 32.7. The van der Waals surface area contributed by atoms with Gasteiger partial charge in [-0.05, 0) is 23.8 Å². The maximum atomic E-state index is 12.6. The van der Waals surface area contributed by atoms with Gasteiger partial charge < -0.3 is 10.1 Å². The molecule has 12 heteroatoms. The van der Waals surface area contributed by atoms with Gasteiger partial charge in [-0.15, -0.1) is 11.3 Å². The van der Waals surface area contributed by atoms with Crippen LogP contribution in [0.25, 0.3) is 22.0 Å². The van der Waals surface area contributed by atoms with Gasteiger partial charge in [0.05, 0.1) is 36.3 Å². The van der Waals surface area contributed by atoms with Crippen LogP contribution in [-0.4, -0.2) is 47.4 Å². The van der Waals surface area contributed by atoms with E-state index in [1.807, 2.05) is 6.07 Å². The topological polar surface area (TPSA) is 128 Å². The lowest BCUT2D eigenvalue weighted by Gasteiger charge is -2.13. The van der Waals surface area contributed by atoms with Crippen LogP contribution >= 0.6 is 11.3 Å². The fraction of sp³-hybridized carbons (Fsp3) is 0.158. The SMILES string of the molecule is COc1ncc(-c2cc(NC(=O)c3cscn3)c3cnn(C)c3c2)cc1NS(C)(=O)=O. The highest BCUT2D eigenvalue weighted by Gasteiger charge is 2.16. The number of ether oxygens (including phenoxy) is 1. The van der Waals surface area contributed by atoms with Crippen molar-refractivity contribution in [1.29, 1.82) is 0 Å². The van der Waals surface area contributed by atoms with E-state index >= 15 is 0 Å². The van der Waals surface area contributed by atoms with Crippen molar-refractivity contribution in [2.45, 2.75) is 0 Å². The molecule has 0 unspecified atom stereocenters. The van der Waals surface area contributed by atoms with Crippen LogP contribution in [0.5, 0.6) is 5.88 Å². The van der Waals surface area contributed by atoms with Gasteiger partial charge in [0.25, 0.3) is 5.91 Å². The number of hydrogen-bond donors (Lipinski definition) is 2. The molecule has 0 saturated carbocycles. The van der Waals surface area contributed by atoms with Gasteiger partial charge in [-0.3, -0.25) is 14.2 Å². The van der Waals surface area contributed by atoms with E-state index < -0.39 is 10.0 Å². The van der Waals surface area contributed by atoms with E-state index in [1.165, 1.54) is 18.4 Å². The summed E-state index contributed by atoms with van der Waals surface area (Å²) in [6.45, 7) is 0. The number of aromatic nitrogens is 4. The van der Waals surface area contributed by atoms with E-state index in [0.717, 1.165) is 17.2 Å². The summed E-state index contributed by atoms with van der Waals surface area (Å²) in [7, 11) is -0.339. The summed E-state index contributed by atoms with van der Waals surface area (Å²) in [5.74, 6) is -0.191. The zero-order chi connectivity index (χ0) is 22.2. The van der Waals surface area contributed by atoms with Crippen LogP contribution in [0.3, 0.4) is 0 Å². The van der Waals surface area contributed by atoms with Crippen molar-refractivity contribution in [3.05, 3.63) is 47.2 Å². The fourth-order valence-electron chi connectivity index (χ4n) is 3.07. The number of carbonyl (C=O) groups excluding carboxylic acids is 1. The number of nitrogens with zero attached hydrogens (tertiary/aromatic N) is 4. The van der Waals surface area contributed by atoms with Gasteiger partial charge in [0.15, 0.2) is 0 Å². The number of nitrogens with one attached hydrogen (secondary N) is 2. The van der Waals surface area contributed by atoms with Crippen LogP contribution in [0.4, 0.5) is 11.4 Å². The van der Waals surface area contributed by atoms with Crippen LogP contribution in [0.1, 0.15) is 10.5 Å². The molecule has 31 heavy (non-hydrogen) atoms. The van der Waals surface area contributed by atoms with Gasteiger partial charge in [-0.1, -0.05) is 0 Å². The lowest BCUT2D eigenvalue weighted by Crippen LogP contribution is -2.12. The summed E-state index contributed by atoms with van der Waals surface area (Å²) >= 11 is 1.33. The molecule has 0 aliphatic heterocycles. The highest BCUT2D eigenvalue weighted by atomic mass is 32.2. The second-order valence-electron chi connectivity index (χ2n) is 6.71. The molecule has 0 aliphatic carbocycles. The number of carbonyl (C=O) groups is 1. The summed E-state index contributed by atoms with van der Waals surface area (Å²) in [6.07, 6.45) is 4.28. The summed E-state index contributed by atoms with van der Waals surface area (Å²) in [4.78, 5) is 20.8. The Bertz CT molecular complexity index is 1380. The number of sulfonamides is 1. The number of fused-ring (bicyclic) bond motifs is 1. The molecule has 0 atom stereocenters. The second kappa shape index (κ2) is 7.96. The number of methoxy groups -OCH3 is 1. The molecule has 0 bridgehead atoms. The molecular formula is C19H18N6O4S2. The molecule has 1 amide bonds. The van der Waals surface area contributed by atoms with E-state index in [0.29, 0.717) is 22.5 Å². The maximum Gasteiger partial charge on any atom is 0.275 e. The number of aryl methyl sites for hydroxylation is 1. The van der Waals surface area contributed by atoms with Crippen LogP contribution in [-0.2, 0) is 17.1 Å². The molecule has 0 fully saturated rings. The van der Waals surface area contributed by atoms with E-state index in [4.69, 9.17) is 4.74 Å². The fourth-order valence-corrected chi connectivity index (χ4v) is 4.15. The molecule has 2 N–H and O–H groups in total. The van der Waals surface area contributed by atoms with Gasteiger partial charge in [-0.25, -0.2) is 18.4 Å². The Morgan fingerprint density at radius 2 is 1.90 bits per heavy atom. The smallest absolute Gasteiger partial charge is 0.275 e. The number of benzene rings is 1. The van der Waals surface area contributed by atoms with Crippen molar-refractivity contribution in [3.8, 4) is 17.0 Å². The summed E-state index contributed by atoms with van der Waals surface area (Å²) in [5, 5.41) is 9.58. The molecule has 0 saturated heterocycles. The summed E-state index contributed by atoms with van der Waals surface area (Å²) in [6, 6.07) is 5.28. The number of anilines is 2. The minimum absolute atomic E-state index is 0.146. The van der Waals surface area contributed by atoms with Crippen molar-refractivity contribution in [2.24, 2.45) is 7.05 Å². The van der Waals surface area contributed by atoms with Gasteiger partial charge >= 0.3 is 0 Å². The highest BCUT2D eigenvalue weighted by Crippen LogP contribution is 2.34. The van der Waals surface area contributed by atoms with Gasteiger partial charge in [0, 0.05) is 29.6 Å². The molecule has 4 aromatic rings. The Morgan fingerprint density at radius 3 is 2.58 bits per heavy atom.